The van der Waals surface area contributed by atoms with Crippen molar-refractivity contribution in [1.82, 2.24) is 4.57 Å². The molecule has 1 aromatic heterocycles. The van der Waals surface area contributed by atoms with Crippen LogP contribution in [-0.4, -0.2) is 29.4 Å². The van der Waals surface area contributed by atoms with Crippen LogP contribution in [0.2, 0.25) is 0 Å². The normalized spacial score (nSPS) is 15.8. The molecule has 0 aliphatic carbocycles. The summed E-state index contributed by atoms with van der Waals surface area (Å²) in [5.74, 6) is -0.112. The van der Waals surface area contributed by atoms with Crippen molar-refractivity contribution in [3.63, 3.8) is 0 Å². The number of carbonyl (C=O) groups excluding carboxylic acids is 1. The van der Waals surface area contributed by atoms with Gasteiger partial charge >= 0.3 is 5.97 Å². The van der Waals surface area contributed by atoms with Crippen molar-refractivity contribution in [2.45, 2.75) is 19.9 Å². The van der Waals surface area contributed by atoms with Crippen LogP contribution in [0.3, 0.4) is 0 Å². The fourth-order valence-corrected chi connectivity index (χ4v) is 5.40. The van der Waals surface area contributed by atoms with Gasteiger partial charge in [-0.1, -0.05) is 41.7 Å². The Bertz CT molecular complexity index is 1440. The van der Waals surface area contributed by atoms with E-state index >= 15 is 0 Å². The number of phenolic OH excluding ortho intramolecular Hbond substituents is 1. The van der Waals surface area contributed by atoms with Crippen LogP contribution in [0.1, 0.15) is 31.0 Å². The number of methoxy groups -OCH3 is 1. The number of halogens is 1. The van der Waals surface area contributed by atoms with Crippen LogP contribution in [0.5, 0.6) is 11.5 Å². The first-order valence-electron chi connectivity index (χ1n) is 10.2. The van der Waals surface area contributed by atoms with Gasteiger partial charge < -0.3 is 14.6 Å². The highest BCUT2D eigenvalue weighted by atomic mass is 127. The number of fused-ring (bicyclic) bond motifs is 1. The molecule has 1 unspecified atom stereocenters. The molecular formula is C24H21IN2O5S. The summed E-state index contributed by atoms with van der Waals surface area (Å²) in [5, 5.41) is 10.1. The first-order valence-corrected chi connectivity index (χ1v) is 12.1. The molecule has 2 aromatic carbocycles. The molecule has 2 heterocycles. The summed E-state index contributed by atoms with van der Waals surface area (Å²) in [6.07, 6.45) is 1.74. The number of hydrogen-bond donors (Lipinski definition) is 1. The van der Waals surface area contributed by atoms with Crippen LogP contribution < -0.4 is 19.6 Å². The number of carbonyl (C=O) groups is 1. The summed E-state index contributed by atoms with van der Waals surface area (Å²) in [6.45, 7) is 3.73. The number of nitrogens with zero attached hydrogens (tertiary/aromatic N) is 2. The summed E-state index contributed by atoms with van der Waals surface area (Å²) < 4.78 is 13.1. The summed E-state index contributed by atoms with van der Waals surface area (Å²) in [4.78, 5) is 31.5. The van der Waals surface area contributed by atoms with E-state index in [9.17, 15) is 14.7 Å². The summed E-state index contributed by atoms with van der Waals surface area (Å²) in [7, 11) is 1.47. The van der Waals surface area contributed by atoms with Crippen molar-refractivity contribution in [1.29, 1.82) is 0 Å². The van der Waals surface area contributed by atoms with Gasteiger partial charge in [0.15, 0.2) is 16.3 Å². The lowest BCUT2D eigenvalue weighted by Gasteiger charge is -2.24. The zero-order chi connectivity index (χ0) is 23.7. The molecule has 3 aromatic rings. The molecule has 7 nitrogen and oxygen atoms in total. The predicted molar refractivity (Wildman–Crippen MR) is 134 cm³/mol. The van der Waals surface area contributed by atoms with Gasteiger partial charge in [-0.05, 0) is 65.8 Å². The molecule has 4 rings (SSSR count). The van der Waals surface area contributed by atoms with Crippen LogP contribution in [0.4, 0.5) is 0 Å². The number of phenols is 1. The third-order valence-corrected chi connectivity index (χ3v) is 7.01. The van der Waals surface area contributed by atoms with Crippen LogP contribution >= 0.6 is 33.9 Å². The molecule has 0 saturated carbocycles. The van der Waals surface area contributed by atoms with Crippen molar-refractivity contribution < 1.29 is 19.4 Å². The van der Waals surface area contributed by atoms with E-state index in [0.29, 0.717) is 35.5 Å². The fraction of sp³-hybridized carbons (Fsp3) is 0.208. The second-order valence-electron chi connectivity index (χ2n) is 7.27. The van der Waals surface area contributed by atoms with Gasteiger partial charge in [0.2, 0.25) is 0 Å². The van der Waals surface area contributed by atoms with Crippen molar-refractivity contribution in [2.75, 3.05) is 13.7 Å². The predicted octanol–water partition coefficient (Wildman–Crippen LogP) is 3.12. The van der Waals surface area contributed by atoms with Crippen molar-refractivity contribution >= 4 is 46.0 Å². The maximum atomic E-state index is 13.6. The minimum atomic E-state index is -0.641. The van der Waals surface area contributed by atoms with Gasteiger partial charge in [-0.15, -0.1) is 0 Å². The van der Waals surface area contributed by atoms with E-state index in [0.717, 1.165) is 5.56 Å². The first kappa shape index (κ1) is 23.2. The number of aromatic nitrogens is 1. The Morgan fingerprint density at radius 1 is 1.30 bits per heavy atom. The summed E-state index contributed by atoms with van der Waals surface area (Å²) >= 11 is 3.26. The smallest absolute Gasteiger partial charge is 0.338 e. The van der Waals surface area contributed by atoms with Gasteiger partial charge in [0.1, 0.15) is 0 Å². The topological polar surface area (TPSA) is 90.1 Å². The van der Waals surface area contributed by atoms with E-state index in [1.54, 1.807) is 36.6 Å². The molecule has 1 atom stereocenters. The molecule has 1 N–H and O–H groups in total. The first-order chi connectivity index (χ1) is 15.8. The molecule has 1 aliphatic rings. The van der Waals surface area contributed by atoms with E-state index in [2.05, 4.69) is 4.99 Å². The number of allylic oxidation sites excluding steroid dienone is 1. The fourth-order valence-electron chi connectivity index (χ4n) is 3.73. The Balaban J connectivity index is 1.95. The third kappa shape index (κ3) is 4.34. The number of esters is 1. The lowest BCUT2D eigenvalue weighted by atomic mass is 9.96. The van der Waals surface area contributed by atoms with E-state index < -0.39 is 12.0 Å². The van der Waals surface area contributed by atoms with E-state index in [4.69, 9.17) is 9.47 Å². The average Bonchev–Trinajstić information content (AvgIpc) is 3.10. The molecule has 0 fully saturated rings. The zero-order valence-electron chi connectivity index (χ0n) is 18.2. The SMILES string of the molecule is CCOC(=O)C1=C(C)N=c2s/c(=C/c3cc(I)c(O)c(OC)c3)c(=O)n2C1c1ccccc1. The number of thiazole rings is 1. The third-order valence-electron chi connectivity index (χ3n) is 5.20. The van der Waals surface area contributed by atoms with E-state index in [1.165, 1.54) is 18.4 Å². The Labute approximate surface area is 207 Å². The molecule has 9 heteroatoms. The molecule has 0 amide bonds. The highest BCUT2D eigenvalue weighted by molar-refractivity contribution is 14.1. The van der Waals surface area contributed by atoms with Crippen molar-refractivity contribution in [2.24, 2.45) is 4.99 Å². The Morgan fingerprint density at radius 3 is 2.70 bits per heavy atom. The minimum Gasteiger partial charge on any atom is -0.504 e. The monoisotopic (exact) mass is 576 g/mol. The molecule has 1 aliphatic heterocycles. The quantitative estimate of drug-likeness (QED) is 0.373. The number of ether oxygens (including phenoxy) is 2. The van der Waals surface area contributed by atoms with E-state index in [-0.39, 0.29) is 17.9 Å². The highest BCUT2D eigenvalue weighted by Crippen LogP contribution is 2.33. The highest BCUT2D eigenvalue weighted by Gasteiger charge is 2.33. The van der Waals surface area contributed by atoms with E-state index in [1.807, 2.05) is 52.9 Å². The zero-order valence-corrected chi connectivity index (χ0v) is 21.1. The summed E-state index contributed by atoms with van der Waals surface area (Å²) in [6, 6.07) is 12.2. The molecule has 170 valence electrons. The number of rotatable bonds is 5. The molecule has 0 radical (unpaired) electrons. The van der Waals surface area contributed by atoms with Crippen LogP contribution in [0.15, 0.2) is 63.5 Å². The molecule has 33 heavy (non-hydrogen) atoms. The summed E-state index contributed by atoms with van der Waals surface area (Å²) in [5.41, 5.74) is 2.11. The van der Waals surface area contributed by atoms with Crippen LogP contribution in [0, 0.1) is 3.57 Å². The Hall–Kier alpha value is -2.92. The lowest BCUT2D eigenvalue weighted by molar-refractivity contribution is -0.139. The van der Waals surface area contributed by atoms with Gasteiger partial charge in [-0.25, -0.2) is 9.79 Å². The molecule has 0 bridgehead atoms. The van der Waals surface area contributed by atoms with Crippen LogP contribution in [0.25, 0.3) is 6.08 Å². The Morgan fingerprint density at radius 2 is 2.03 bits per heavy atom. The number of benzene rings is 2. The van der Waals surface area contributed by atoms with Gasteiger partial charge in [-0.3, -0.25) is 9.36 Å². The second kappa shape index (κ2) is 9.52. The number of aromatic hydroxyl groups is 1. The maximum absolute atomic E-state index is 13.6. The van der Waals surface area contributed by atoms with Gasteiger partial charge in [0.25, 0.3) is 5.56 Å². The maximum Gasteiger partial charge on any atom is 0.338 e. The largest absolute Gasteiger partial charge is 0.504 e. The lowest BCUT2D eigenvalue weighted by Crippen LogP contribution is -2.39. The number of hydrogen-bond acceptors (Lipinski definition) is 7. The molecule has 0 saturated heterocycles. The van der Waals surface area contributed by atoms with Gasteiger partial charge in [-0.2, -0.15) is 0 Å². The van der Waals surface area contributed by atoms with Crippen LogP contribution in [-0.2, 0) is 9.53 Å². The van der Waals surface area contributed by atoms with Crippen molar-refractivity contribution in [3.8, 4) is 11.5 Å². The Kier molecular flexibility index (Phi) is 6.71. The van der Waals surface area contributed by atoms with Gasteiger partial charge in [0.05, 0.1) is 39.1 Å². The standard InChI is InChI=1S/C24H21IN2O5S/c1-4-32-23(30)19-13(2)26-24-27(20(19)15-8-6-5-7-9-15)22(29)18(33-24)12-14-10-16(25)21(28)17(11-14)31-3/h5-12,20,28H,4H2,1-3H3/b18-12+. The van der Waals surface area contributed by atoms with Gasteiger partial charge in [0, 0.05) is 0 Å². The second-order valence-corrected chi connectivity index (χ2v) is 9.44. The minimum absolute atomic E-state index is 0.0514. The average molecular weight is 576 g/mol. The van der Waals surface area contributed by atoms with Crippen molar-refractivity contribution in [3.05, 3.63) is 88.1 Å². The molecule has 0 spiro atoms. The molecular weight excluding hydrogens is 555 g/mol.